The van der Waals surface area contributed by atoms with E-state index in [2.05, 4.69) is 12.2 Å². The molecule has 5 atom stereocenters. The van der Waals surface area contributed by atoms with Crippen molar-refractivity contribution < 1.29 is 38.4 Å². The zero-order chi connectivity index (χ0) is 20.3. The number of carboxylic acid groups (broad SMARTS) is 2. The van der Waals surface area contributed by atoms with Crippen molar-refractivity contribution >= 4 is 31.4 Å². The van der Waals surface area contributed by atoms with Crippen molar-refractivity contribution in [3.05, 3.63) is 33.1 Å². The molecule has 2 rings (SSSR count). The highest BCUT2D eigenvalue weighted by atomic mass is 32.7. The van der Waals surface area contributed by atoms with Crippen LogP contribution in [-0.4, -0.2) is 57.1 Å². The summed E-state index contributed by atoms with van der Waals surface area (Å²) >= 11 is 3.64. The number of carboxylic acids is 2. The van der Waals surface area contributed by atoms with Crippen molar-refractivity contribution in [3.8, 4) is 0 Å². The van der Waals surface area contributed by atoms with Crippen LogP contribution >= 0.6 is 19.5 Å². The fourth-order valence-corrected chi connectivity index (χ4v) is 3.56. The summed E-state index contributed by atoms with van der Waals surface area (Å²) in [5.74, 6) is -5.03. The molecule has 12 nitrogen and oxygen atoms in total. The van der Waals surface area contributed by atoms with Gasteiger partial charge in [-0.15, -0.1) is 4.52 Å². The van der Waals surface area contributed by atoms with Crippen molar-refractivity contribution in [2.45, 2.75) is 31.0 Å². The van der Waals surface area contributed by atoms with Crippen LogP contribution in [-0.2, 0) is 28.2 Å². The van der Waals surface area contributed by atoms with Gasteiger partial charge in [0, 0.05) is 25.8 Å². The number of ether oxygens (including phenoxy) is 2. The highest BCUT2D eigenvalue weighted by molar-refractivity contribution is 8.39. The predicted molar refractivity (Wildman–Crippen MR) is 90.9 cm³/mol. The molecule has 1 aliphatic heterocycles. The molecule has 0 aromatic carbocycles. The molecule has 0 bridgehead atoms. The molecular formula is C13H16N2O10PS+. The second-order valence-electron chi connectivity index (χ2n) is 5.56. The van der Waals surface area contributed by atoms with E-state index in [0.29, 0.717) is 0 Å². The van der Waals surface area contributed by atoms with Crippen molar-refractivity contribution in [3.63, 3.8) is 0 Å². The van der Waals surface area contributed by atoms with Gasteiger partial charge < -0.3 is 19.7 Å². The van der Waals surface area contributed by atoms with Crippen LogP contribution in [0, 0.1) is 5.92 Å². The monoisotopic (exact) mass is 423 g/mol. The first-order chi connectivity index (χ1) is 12.6. The van der Waals surface area contributed by atoms with Gasteiger partial charge in [0.25, 0.3) is 5.56 Å². The van der Waals surface area contributed by atoms with Gasteiger partial charge in [-0.1, -0.05) is 0 Å². The third kappa shape index (κ3) is 4.82. The van der Waals surface area contributed by atoms with E-state index in [0.717, 1.165) is 16.8 Å². The average Bonchev–Trinajstić information content (AvgIpc) is 2.88. The van der Waals surface area contributed by atoms with Crippen molar-refractivity contribution in [1.82, 2.24) is 9.55 Å². The van der Waals surface area contributed by atoms with Gasteiger partial charge in [0.15, 0.2) is 18.2 Å². The standard InChI is InChI=1S/C13H15N2O10PS/c1-23-9-8(25-26(22)27)6(4-5(11(17)18)12(19)20)24-10(9)15-3-2-7(16)14-13(15)21/h2-3,5-6,8-10H,4H2,1H3,(H3-,14,16,17,18,19,20,21,22,27)/p+1/t6-,8?,9?,10-/m1/s1. The summed E-state index contributed by atoms with van der Waals surface area (Å²) in [6.45, 7) is 0. The Morgan fingerprint density at radius 1 is 1.37 bits per heavy atom. The summed E-state index contributed by atoms with van der Waals surface area (Å²) in [7, 11) is -1.24. The maximum Gasteiger partial charge on any atom is 0.582 e. The third-order valence-electron chi connectivity index (χ3n) is 3.96. The molecule has 3 unspecified atom stereocenters. The molecule has 1 aromatic rings. The molecule has 0 saturated carbocycles. The summed E-state index contributed by atoms with van der Waals surface area (Å²) in [5.41, 5.74) is -1.49. The molecule has 2 heterocycles. The van der Waals surface area contributed by atoms with Gasteiger partial charge >= 0.3 is 24.9 Å². The number of nitrogens with zero attached hydrogens (tertiary/aromatic N) is 1. The maximum absolute atomic E-state index is 12.0. The zero-order valence-corrected chi connectivity index (χ0v) is 15.5. The largest absolute Gasteiger partial charge is 0.582 e. The molecule has 1 aliphatic rings. The van der Waals surface area contributed by atoms with Gasteiger partial charge in [0.05, 0.1) is 6.10 Å². The molecule has 148 valence electrons. The highest BCUT2D eigenvalue weighted by Crippen LogP contribution is 2.41. The SMILES string of the molecule is COC1C(O[P+](=O)S)[C@@H](CC(C(=O)O)C(=O)O)O[C@H]1n1ccc(=O)[nH]c1=O. The molecule has 3 N–H and O–H groups in total. The zero-order valence-electron chi connectivity index (χ0n) is 13.8. The number of nitrogens with one attached hydrogen (secondary N) is 1. The first-order valence-electron chi connectivity index (χ1n) is 7.44. The average molecular weight is 423 g/mol. The molecule has 27 heavy (non-hydrogen) atoms. The minimum Gasteiger partial charge on any atom is -0.481 e. The number of rotatable bonds is 8. The molecular weight excluding hydrogens is 407 g/mol. The first kappa shape index (κ1) is 21.3. The number of hydrogen-bond acceptors (Lipinski definition) is 8. The topological polar surface area (TPSA) is 174 Å². The number of aromatic amines is 1. The van der Waals surface area contributed by atoms with Crippen molar-refractivity contribution in [2.24, 2.45) is 5.92 Å². The van der Waals surface area contributed by atoms with E-state index in [1.54, 1.807) is 0 Å². The molecule has 0 radical (unpaired) electrons. The van der Waals surface area contributed by atoms with E-state index in [-0.39, 0.29) is 0 Å². The smallest absolute Gasteiger partial charge is 0.481 e. The molecule has 0 aliphatic carbocycles. The second-order valence-corrected chi connectivity index (χ2v) is 7.22. The number of aromatic nitrogens is 2. The van der Waals surface area contributed by atoms with Gasteiger partial charge in [-0.05, 0) is 4.57 Å². The Kier molecular flexibility index (Phi) is 6.89. The highest BCUT2D eigenvalue weighted by Gasteiger charge is 2.52. The van der Waals surface area contributed by atoms with Crippen LogP contribution < -0.4 is 11.2 Å². The van der Waals surface area contributed by atoms with Crippen LogP contribution in [0.2, 0.25) is 0 Å². The number of methoxy groups -OCH3 is 1. The van der Waals surface area contributed by atoms with E-state index in [1.807, 2.05) is 4.98 Å². The lowest BCUT2D eigenvalue weighted by molar-refractivity contribution is -0.157. The maximum atomic E-state index is 12.0. The number of H-pyrrole nitrogens is 1. The molecule has 1 fully saturated rings. The summed E-state index contributed by atoms with van der Waals surface area (Å²) in [6, 6.07) is 1.05. The number of aliphatic carboxylic acids is 2. The minimum atomic E-state index is -2.48. The van der Waals surface area contributed by atoms with E-state index < -0.39 is 67.3 Å². The van der Waals surface area contributed by atoms with E-state index in [1.165, 1.54) is 7.11 Å². The van der Waals surface area contributed by atoms with Gasteiger partial charge in [0.1, 0.15) is 18.4 Å². The first-order valence-corrected chi connectivity index (χ1v) is 9.77. The van der Waals surface area contributed by atoms with Crippen LogP contribution in [0.1, 0.15) is 12.6 Å². The predicted octanol–water partition coefficient (Wildman–Crippen LogP) is -0.403. The Morgan fingerprint density at radius 2 is 2.00 bits per heavy atom. The summed E-state index contributed by atoms with van der Waals surface area (Å²) in [6.07, 6.45) is -4.04. The molecule has 1 saturated heterocycles. The molecule has 14 heteroatoms. The number of hydrogen-bond donors (Lipinski definition) is 4. The number of thiol groups is 1. The Hall–Kier alpha value is -2.05. The normalized spacial score (nSPS) is 25.5. The third-order valence-corrected chi connectivity index (χ3v) is 4.67. The van der Waals surface area contributed by atoms with E-state index in [4.69, 9.17) is 24.2 Å². The van der Waals surface area contributed by atoms with Crippen molar-refractivity contribution in [1.29, 1.82) is 0 Å². The number of carbonyl (C=O) groups is 2. The van der Waals surface area contributed by atoms with Crippen LogP contribution in [0.3, 0.4) is 0 Å². The fraction of sp³-hybridized carbons (Fsp3) is 0.538. The Morgan fingerprint density at radius 3 is 2.48 bits per heavy atom. The molecule has 0 spiro atoms. The lowest BCUT2D eigenvalue weighted by atomic mass is 9.97. The lowest BCUT2D eigenvalue weighted by Crippen LogP contribution is -2.39. The molecule has 0 amide bonds. The second kappa shape index (κ2) is 8.76. The van der Waals surface area contributed by atoms with Crippen LogP contribution in [0.25, 0.3) is 0 Å². The van der Waals surface area contributed by atoms with E-state index >= 15 is 0 Å². The Bertz CT molecular complexity index is 840. The van der Waals surface area contributed by atoms with Gasteiger partial charge in [-0.25, -0.2) is 4.79 Å². The minimum absolute atomic E-state index is 0.541. The summed E-state index contributed by atoms with van der Waals surface area (Å²) in [5, 5.41) is 18.2. The van der Waals surface area contributed by atoms with E-state index in [9.17, 15) is 23.7 Å². The Labute approximate surface area is 157 Å². The quantitative estimate of drug-likeness (QED) is 0.245. The van der Waals surface area contributed by atoms with Gasteiger partial charge in [0.2, 0.25) is 0 Å². The van der Waals surface area contributed by atoms with Crippen LogP contribution in [0.4, 0.5) is 0 Å². The Balaban J connectivity index is 2.41. The van der Waals surface area contributed by atoms with Gasteiger partial charge in [-0.3, -0.25) is 23.9 Å². The van der Waals surface area contributed by atoms with Gasteiger partial charge in [-0.2, -0.15) is 0 Å². The van der Waals surface area contributed by atoms with Crippen LogP contribution in [0.5, 0.6) is 0 Å². The lowest BCUT2D eigenvalue weighted by Gasteiger charge is -2.20. The van der Waals surface area contributed by atoms with Crippen LogP contribution in [0.15, 0.2) is 21.9 Å². The fourth-order valence-electron chi connectivity index (χ4n) is 2.77. The van der Waals surface area contributed by atoms with Crippen molar-refractivity contribution in [2.75, 3.05) is 7.11 Å². The molecule has 1 aromatic heterocycles. The summed E-state index contributed by atoms with van der Waals surface area (Å²) in [4.78, 5) is 47.6. The summed E-state index contributed by atoms with van der Waals surface area (Å²) < 4.78 is 28.4.